The van der Waals surface area contributed by atoms with Crippen LogP contribution in [0.5, 0.6) is 11.5 Å². The van der Waals surface area contributed by atoms with E-state index in [4.69, 9.17) is 9.47 Å². The van der Waals surface area contributed by atoms with Crippen molar-refractivity contribution in [2.45, 2.75) is 30.6 Å². The number of aliphatic imine (C=N–C) groups is 1. The van der Waals surface area contributed by atoms with Crippen molar-refractivity contribution in [3.05, 3.63) is 54.1 Å². The Balaban J connectivity index is 1.63. The van der Waals surface area contributed by atoms with Crippen LogP contribution in [0.25, 0.3) is 6.08 Å². The highest BCUT2D eigenvalue weighted by atomic mass is 32.2. The van der Waals surface area contributed by atoms with Crippen LogP contribution in [0.2, 0.25) is 0 Å². The van der Waals surface area contributed by atoms with Crippen molar-refractivity contribution >= 4 is 33.5 Å². The van der Waals surface area contributed by atoms with Gasteiger partial charge in [-0.3, -0.25) is 14.5 Å². The first-order valence-corrected chi connectivity index (χ1v) is 11.8. The highest BCUT2D eigenvalue weighted by Gasteiger charge is 2.17. The molecule has 0 unspecified atom stereocenters. The summed E-state index contributed by atoms with van der Waals surface area (Å²) in [7, 11) is -0.607. The van der Waals surface area contributed by atoms with E-state index < -0.39 is 10.0 Å². The van der Waals surface area contributed by atoms with Crippen molar-refractivity contribution in [1.82, 2.24) is 4.72 Å². The zero-order chi connectivity index (χ0) is 23.0. The van der Waals surface area contributed by atoms with Gasteiger partial charge < -0.3 is 14.8 Å². The summed E-state index contributed by atoms with van der Waals surface area (Å²) >= 11 is 0. The molecule has 9 heteroatoms. The first kappa shape index (κ1) is 23.3. The number of amides is 1. The van der Waals surface area contributed by atoms with Crippen molar-refractivity contribution in [3.63, 3.8) is 0 Å². The minimum absolute atomic E-state index is 0.112. The lowest BCUT2D eigenvalue weighted by Crippen LogP contribution is -2.30. The molecular weight excluding hydrogens is 430 g/mol. The third-order valence-electron chi connectivity index (χ3n) is 4.91. The zero-order valence-electron chi connectivity index (χ0n) is 18.1. The van der Waals surface area contributed by atoms with E-state index in [0.717, 1.165) is 24.8 Å². The van der Waals surface area contributed by atoms with Crippen LogP contribution in [0.15, 0.2) is 58.4 Å². The Bertz CT molecular complexity index is 1110. The number of anilines is 1. The van der Waals surface area contributed by atoms with Gasteiger partial charge in [-0.1, -0.05) is 6.42 Å². The average molecular weight is 458 g/mol. The van der Waals surface area contributed by atoms with Gasteiger partial charge in [0.05, 0.1) is 19.1 Å². The topological polar surface area (TPSA) is 106 Å². The van der Waals surface area contributed by atoms with Gasteiger partial charge in [0.2, 0.25) is 5.91 Å². The summed E-state index contributed by atoms with van der Waals surface area (Å²) < 4.78 is 38.2. The number of nitrogens with one attached hydrogen (secondary N) is 2. The molecule has 0 atom stereocenters. The normalized spacial score (nSPS) is 14.4. The number of carbonyl (C=O) groups is 1. The molecule has 0 saturated carbocycles. The summed E-state index contributed by atoms with van der Waals surface area (Å²) in [6.45, 7) is 0.638. The monoisotopic (exact) mass is 457 g/mol. The number of ether oxygens (including phenoxy) is 2. The van der Waals surface area contributed by atoms with Crippen molar-refractivity contribution in [2.75, 3.05) is 26.1 Å². The average Bonchev–Trinajstić information content (AvgIpc) is 3.06. The second-order valence-corrected chi connectivity index (χ2v) is 8.88. The van der Waals surface area contributed by atoms with Crippen LogP contribution < -0.4 is 19.5 Å². The number of nitrogens with zero attached hydrogens (tertiary/aromatic N) is 1. The molecule has 0 aromatic heterocycles. The maximum absolute atomic E-state index is 12.6. The van der Waals surface area contributed by atoms with Crippen molar-refractivity contribution in [1.29, 1.82) is 0 Å². The van der Waals surface area contributed by atoms with Gasteiger partial charge >= 0.3 is 0 Å². The van der Waals surface area contributed by atoms with E-state index in [1.807, 2.05) is 0 Å². The molecule has 1 aliphatic rings. The van der Waals surface area contributed by atoms with Crippen molar-refractivity contribution < 1.29 is 22.7 Å². The lowest BCUT2D eigenvalue weighted by Gasteiger charge is -2.10. The van der Waals surface area contributed by atoms with E-state index >= 15 is 0 Å². The fraction of sp³-hybridized carbons (Fsp3) is 0.304. The van der Waals surface area contributed by atoms with E-state index in [1.54, 1.807) is 50.6 Å². The Labute approximate surface area is 188 Å². The molecule has 170 valence electrons. The predicted octanol–water partition coefficient (Wildman–Crippen LogP) is 3.61. The van der Waals surface area contributed by atoms with Crippen LogP contribution >= 0.6 is 0 Å². The van der Waals surface area contributed by atoms with Gasteiger partial charge in [-0.15, -0.1) is 0 Å². The molecule has 8 nitrogen and oxygen atoms in total. The summed E-state index contributed by atoms with van der Waals surface area (Å²) in [6.07, 6.45) is 6.56. The van der Waals surface area contributed by atoms with Crippen LogP contribution in [0.4, 0.5) is 5.69 Å². The lowest BCUT2D eigenvalue weighted by molar-refractivity contribution is -0.111. The molecule has 0 fully saturated rings. The number of hydrogen-bond acceptors (Lipinski definition) is 6. The van der Waals surface area contributed by atoms with Gasteiger partial charge in [-0.25, -0.2) is 8.42 Å². The number of benzene rings is 2. The molecule has 0 radical (unpaired) electrons. The van der Waals surface area contributed by atoms with Gasteiger partial charge in [-0.2, -0.15) is 0 Å². The number of rotatable bonds is 7. The second-order valence-electron chi connectivity index (χ2n) is 7.20. The third-order valence-corrected chi connectivity index (χ3v) is 6.31. The van der Waals surface area contributed by atoms with Crippen LogP contribution in [0, 0.1) is 0 Å². The predicted molar refractivity (Wildman–Crippen MR) is 125 cm³/mol. The van der Waals surface area contributed by atoms with E-state index in [9.17, 15) is 13.2 Å². The minimum atomic E-state index is -3.71. The molecular formula is C23H27N3O5S. The largest absolute Gasteiger partial charge is 0.497 e. The first-order chi connectivity index (χ1) is 15.4. The zero-order valence-corrected chi connectivity index (χ0v) is 18.9. The van der Waals surface area contributed by atoms with E-state index in [1.165, 1.54) is 18.2 Å². The quantitative estimate of drug-likeness (QED) is 0.618. The fourth-order valence-corrected chi connectivity index (χ4v) is 4.28. The summed E-state index contributed by atoms with van der Waals surface area (Å²) in [5, 5.41) is 2.71. The minimum Gasteiger partial charge on any atom is -0.497 e. The molecule has 2 N–H and O–H groups in total. The molecule has 0 aliphatic carbocycles. The Kier molecular flexibility index (Phi) is 7.88. The Morgan fingerprint density at radius 3 is 2.53 bits per heavy atom. The molecule has 2 aromatic rings. The van der Waals surface area contributed by atoms with Gasteiger partial charge in [-0.05, 0) is 55.3 Å². The molecule has 1 heterocycles. The number of hydrogen-bond donors (Lipinski definition) is 2. The van der Waals surface area contributed by atoms with Crippen molar-refractivity contribution in [3.8, 4) is 11.5 Å². The number of sulfonamides is 1. The highest BCUT2D eigenvalue weighted by Crippen LogP contribution is 2.25. The van der Waals surface area contributed by atoms with Crippen LogP contribution in [-0.4, -0.2) is 40.9 Å². The van der Waals surface area contributed by atoms with Gasteiger partial charge in [0.1, 0.15) is 17.3 Å². The van der Waals surface area contributed by atoms with E-state index in [-0.39, 0.29) is 10.8 Å². The second kappa shape index (κ2) is 10.8. The smallest absolute Gasteiger partial charge is 0.262 e. The Morgan fingerprint density at radius 1 is 1.03 bits per heavy atom. The number of carbonyl (C=O) groups excluding carboxylic acids is 1. The van der Waals surface area contributed by atoms with E-state index in [2.05, 4.69) is 15.0 Å². The summed E-state index contributed by atoms with van der Waals surface area (Å²) in [6, 6.07) is 11.3. The van der Waals surface area contributed by atoms with Gasteiger partial charge in [0.25, 0.3) is 10.0 Å². The van der Waals surface area contributed by atoms with Crippen LogP contribution in [0.3, 0.4) is 0 Å². The van der Waals surface area contributed by atoms with Crippen LogP contribution in [-0.2, 0) is 14.8 Å². The van der Waals surface area contributed by atoms with Crippen LogP contribution in [0.1, 0.15) is 31.2 Å². The molecule has 32 heavy (non-hydrogen) atoms. The number of methoxy groups -OCH3 is 2. The molecule has 0 saturated heterocycles. The maximum atomic E-state index is 12.6. The molecule has 3 rings (SSSR count). The lowest BCUT2D eigenvalue weighted by atomic mass is 10.1. The Morgan fingerprint density at radius 2 is 1.81 bits per heavy atom. The molecule has 2 aromatic carbocycles. The van der Waals surface area contributed by atoms with E-state index in [0.29, 0.717) is 36.0 Å². The van der Waals surface area contributed by atoms with Gasteiger partial charge in [0.15, 0.2) is 0 Å². The molecule has 0 bridgehead atoms. The molecule has 0 spiro atoms. The standard InChI is InChI=1S/C23H27N3O5S/c1-30-19-11-7-17(21(16-19)31-2)8-14-23(27)25-18-9-12-20(13-10-18)32(28,29)26-22-6-4-3-5-15-24-22/h7-14,16H,3-6,15H2,1-2H3,(H,24,26)(H,25,27)/b14-8+. The third kappa shape index (κ3) is 6.34. The summed E-state index contributed by atoms with van der Waals surface area (Å²) in [4.78, 5) is 16.7. The highest BCUT2D eigenvalue weighted by molar-refractivity contribution is 7.90. The van der Waals surface area contributed by atoms with Crippen molar-refractivity contribution in [2.24, 2.45) is 4.99 Å². The fourth-order valence-electron chi connectivity index (χ4n) is 3.19. The first-order valence-electron chi connectivity index (χ1n) is 10.3. The molecule has 1 amide bonds. The Hall–Kier alpha value is -3.33. The maximum Gasteiger partial charge on any atom is 0.262 e. The summed E-state index contributed by atoms with van der Waals surface area (Å²) in [5.41, 5.74) is 1.20. The van der Waals surface area contributed by atoms with Gasteiger partial charge in [0, 0.05) is 36.4 Å². The SMILES string of the molecule is COc1ccc(/C=C/C(=O)Nc2ccc(S(=O)(=O)NC3=NCCCCC3)cc2)c(OC)c1. The number of amidine groups is 1. The summed E-state index contributed by atoms with van der Waals surface area (Å²) in [5.74, 6) is 1.37. The molecule has 1 aliphatic heterocycles.